The van der Waals surface area contributed by atoms with Gasteiger partial charge in [-0.3, -0.25) is 4.79 Å². The number of hydrogen-bond donors (Lipinski definition) is 2. The average molecular weight is 295 g/mol. The largest absolute Gasteiger partial charge is 0.349 e. The number of halogens is 1. The second-order valence-corrected chi connectivity index (χ2v) is 5.85. The Hall–Kier alpha value is -1.06. The van der Waals surface area contributed by atoms with E-state index in [9.17, 15) is 4.79 Å². The first-order valence-electron chi connectivity index (χ1n) is 7.47. The van der Waals surface area contributed by atoms with Gasteiger partial charge in [0.15, 0.2) is 0 Å². The molecule has 4 heteroatoms. The highest BCUT2D eigenvalue weighted by atomic mass is 35.5. The fraction of sp³-hybridized carbons (Fsp3) is 0.562. The lowest BCUT2D eigenvalue weighted by molar-refractivity contribution is -0.122. The highest BCUT2D eigenvalue weighted by Crippen LogP contribution is 2.20. The molecule has 20 heavy (non-hydrogen) atoms. The Balaban J connectivity index is 1.84. The van der Waals surface area contributed by atoms with Crippen molar-refractivity contribution in [2.75, 3.05) is 6.54 Å². The van der Waals surface area contributed by atoms with Crippen LogP contribution in [0, 0.1) is 0 Å². The van der Waals surface area contributed by atoms with Crippen LogP contribution < -0.4 is 10.6 Å². The van der Waals surface area contributed by atoms with Crippen LogP contribution in [-0.4, -0.2) is 18.5 Å². The molecule has 1 aromatic carbocycles. The lowest BCUT2D eigenvalue weighted by atomic mass is 10.0. The van der Waals surface area contributed by atoms with E-state index in [1.165, 1.54) is 12.8 Å². The maximum absolute atomic E-state index is 12.1. The van der Waals surface area contributed by atoms with Crippen LogP contribution >= 0.6 is 11.6 Å². The number of rotatable bonds is 6. The third-order valence-corrected chi connectivity index (χ3v) is 4.11. The van der Waals surface area contributed by atoms with Gasteiger partial charge in [-0.25, -0.2) is 0 Å². The molecule has 0 spiro atoms. The van der Waals surface area contributed by atoms with Crippen LogP contribution in [0.2, 0.25) is 5.02 Å². The molecule has 1 aromatic rings. The van der Waals surface area contributed by atoms with Crippen LogP contribution in [-0.2, 0) is 4.79 Å². The summed E-state index contributed by atoms with van der Waals surface area (Å²) < 4.78 is 0. The molecular weight excluding hydrogens is 272 g/mol. The summed E-state index contributed by atoms with van der Waals surface area (Å²) in [5.74, 6) is 0.130. The van der Waals surface area contributed by atoms with Crippen LogP contribution in [0.3, 0.4) is 0 Å². The second-order valence-electron chi connectivity index (χ2n) is 5.42. The molecule has 3 nitrogen and oxygen atoms in total. The molecule has 0 bridgehead atoms. The molecule has 2 N–H and O–H groups in total. The van der Waals surface area contributed by atoms with E-state index in [0.717, 1.165) is 24.9 Å². The third-order valence-electron chi connectivity index (χ3n) is 3.88. The predicted molar refractivity (Wildman–Crippen MR) is 82.9 cm³/mol. The Morgan fingerprint density at radius 1 is 1.55 bits per heavy atom. The van der Waals surface area contributed by atoms with E-state index in [-0.39, 0.29) is 11.9 Å². The zero-order valence-corrected chi connectivity index (χ0v) is 12.7. The smallest absolute Gasteiger partial charge is 0.220 e. The first-order valence-corrected chi connectivity index (χ1v) is 7.85. The summed E-state index contributed by atoms with van der Waals surface area (Å²) in [5.41, 5.74) is 1.08. The lowest BCUT2D eigenvalue weighted by Crippen LogP contribution is -2.30. The SMILES string of the molecule is CCC(NC(=O)CCC1CCCN1)c1cccc(Cl)c1. The zero-order chi connectivity index (χ0) is 14.4. The van der Waals surface area contributed by atoms with Crippen LogP contribution in [0.5, 0.6) is 0 Å². The summed E-state index contributed by atoms with van der Waals surface area (Å²) in [7, 11) is 0. The highest BCUT2D eigenvalue weighted by Gasteiger charge is 2.17. The zero-order valence-electron chi connectivity index (χ0n) is 12.0. The van der Waals surface area contributed by atoms with Crippen molar-refractivity contribution in [2.45, 2.75) is 51.1 Å². The Bertz CT molecular complexity index is 444. The van der Waals surface area contributed by atoms with Gasteiger partial charge >= 0.3 is 0 Å². The van der Waals surface area contributed by atoms with Crippen molar-refractivity contribution in [3.63, 3.8) is 0 Å². The number of amides is 1. The van der Waals surface area contributed by atoms with Crippen molar-refractivity contribution < 1.29 is 4.79 Å². The molecule has 2 atom stereocenters. The van der Waals surface area contributed by atoms with E-state index in [1.54, 1.807) is 0 Å². The molecule has 1 aliphatic heterocycles. The van der Waals surface area contributed by atoms with Crippen molar-refractivity contribution in [3.05, 3.63) is 34.9 Å². The van der Waals surface area contributed by atoms with Gasteiger partial charge in [0.2, 0.25) is 5.91 Å². The van der Waals surface area contributed by atoms with E-state index in [2.05, 4.69) is 17.6 Å². The summed E-state index contributed by atoms with van der Waals surface area (Å²) in [6, 6.07) is 8.29. The van der Waals surface area contributed by atoms with E-state index in [1.807, 2.05) is 24.3 Å². The maximum atomic E-state index is 12.1. The number of carbonyl (C=O) groups excluding carboxylic acids is 1. The van der Waals surface area contributed by atoms with Crippen LogP contribution in [0.1, 0.15) is 50.6 Å². The standard InChI is InChI=1S/C16H23ClN2O/c1-2-15(12-5-3-6-13(17)11-12)19-16(20)9-8-14-7-4-10-18-14/h3,5-6,11,14-15,18H,2,4,7-10H2,1H3,(H,19,20). The molecule has 0 saturated carbocycles. The quantitative estimate of drug-likeness (QED) is 0.844. The minimum Gasteiger partial charge on any atom is -0.349 e. The molecule has 1 fully saturated rings. The van der Waals surface area contributed by atoms with E-state index in [4.69, 9.17) is 11.6 Å². The third kappa shape index (κ3) is 4.50. The van der Waals surface area contributed by atoms with Crippen LogP contribution in [0.4, 0.5) is 0 Å². The molecule has 1 amide bonds. The van der Waals surface area contributed by atoms with Crippen LogP contribution in [0.25, 0.3) is 0 Å². The molecule has 1 heterocycles. The summed E-state index contributed by atoms with van der Waals surface area (Å²) in [5, 5.41) is 7.24. The Labute approximate surface area is 126 Å². The minimum absolute atomic E-state index is 0.0535. The Morgan fingerprint density at radius 2 is 2.40 bits per heavy atom. The van der Waals surface area contributed by atoms with E-state index < -0.39 is 0 Å². The second kappa shape index (κ2) is 7.65. The van der Waals surface area contributed by atoms with Crippen LogP contribution in [0.15, 0.2) is 24.3 Å². The molecule has 2 rings (SSSR count). The van der Waals surface area contributed by atoms with Crippen molar-refractivity contribution in [1.82, 2.24) is 10.6 Å². The summed E-state index contributed by atoms with van der Waals surface area (Å²) >= 11 is 6.01. The molecule has 110 valence electrons. The van der Waals surface area contributed by atoms with Crippen molar-refractivity contribution in [3.8, 4) is 0 Å². The number of carbonyl (C=O) groups is 1. The maximum Gasteiger partial charge on any atom is 0.220 e. The normalized spacial score (nSPS) is 19.8. The molecule has 2 unspecified atom stereocenters. The number of benzene rings is 1. The molecule has 0 aromatic heterocycles. The van der Waals surface area contributed by atoms with E-state index >= 15 is 0 Å². The Kier molecular flexibility index (Phi) is 5.86. The molecule has 1 saturated heterocycles. The van der Waals surface area contributed by atoms with Gasteiger partial charge in [-0.05, 0) is 49.9 Å². The molecule has 1 aliphatic rings. The fourth-order valence-corrected chi connectivity index (χ4v) is 2.92. The number of nitrogens with one attached hydrogen (secondary N) is 2. The van der Waals surface area contributed by atoms with Gasteiger partial charge in [0.1, 0.15) is 0 Å². The first kappa shape index (κ1) is 15.3. The monoisotopic (exact) mass is 294 g/mol. The van der Waals surface area contributed by atoms with Crippen molar-refractivity contribution >= 4 is 17.5 Å². The topological polar surface area (TPSA) is 41.1 Å². The number of hydrogen-bond acceptors (Lipinski definition) is 2. The summed E-state index contributed by atoms with van der Waals surface area (Å²) in [6.45, 7) is 3.16. The molecule has 0 radical (unpaired) electrons. The van der Waals surface area contributed by atoms with Gasteiger partial charge in [0, 0.05) is 17.5 Å². The average Bonchev–Trinajstić information content (AvgIpc) is 2.96. The highest BCUT2D eigenvalue weighted by molar-refractivity contribution is 6.30. The predicted octanol–water partition coefficient (Wildman–Crippen LogP) is 3.44. The molecular formula is C16H23ClN2O. The fourth-order valence-electron chi connectivity index (χ4n) is 2.72. The van der Waals surface area contributed by atoms with Gasteiger partial charge in [0.25, 0.3) is 0 Å². The molecule has 0 aliphatic carbocycles. The summed E-state index contributed by atoms with van der Waals surface area (Å²) in [4.78, 5) is 12.1. The van der Waals surface area contributed by atoms with Crippen molar-refractivity contribution in [2.24, 2.45) is 0 Å². The van der Waals surface area contributed by atoms with Gasteiger partial charge in [0.05, 0.1) is 6.04 Å². The minimum atomic E-state index is 0.0535. The Morgan fingerprint density at radius 3 is 3.05 bits per heavy atom. The van der Waals surface area contributed by atoms with Gasteiger partial charge in [-0.2, -0.15) is 0 Å². The van der Waals surface area contributed by atoms with Gasteiger partial charge in [-0.15, -0.1) is 0 Å². The van der Waals surface area contributed by atoms with Gasteiger partial charge < -0.3 is 10.6 Å². The summed E-state index contributed by atoms with van der Waals surface area (Å²) in [6.07, 6.45) is 4.81. The van der Waals surface area contributed by atoms with E-state index in [0.29, 0.717) is 17.5 Å². The van der Waals surface area contributed by atoms with Crippen molar-refractivity contribution in [1.29, 1.82) is 0 Å². The lowest BCUT2D eigenvalue weighted by Gasteiger charge is -2.18. The van der Waals surface area contributed by atoms with Gasteiger partial charge in [-0.1, -0.05) is 30.7 Å². The first-order chi connectivity index (χ1) is 9.69.